The molecule has 0 spiro atoms. The summed E-state index contributed by atoms with van der Waals surface area (Å²) in [5.74, 6) is 1.62. The fourth-order valence-corrected chi connectivity index (χ4v) is 2.66. The second-order valence-electron chi connectivity index (χ2n) is 4.57. The molecule has 0 aliphatic heterocycles. The van der Waals surface area contributed by atoms with Crippen molar-refractivity contribution in [1.29, 1.82) is 0 Å². The Morgan fingerprint density at radius 1 is 1.61 bits per heavy atom. The van der Waals surface area contributed by atoms with Crippen LogP contribution in [0.5, 0.6) is 0 Å². The highest BCUT2D eigenvalue weighted by Crippen LogP contribution is 2.27. The zero-order valence-electron chi connectivity index (χ0n) is 10.5. The van der Waals surface area contributed by atoms with E-state index in [1.807, 2.05) is 0 Å². The Morgan fingerprint density at radius 3 is 3.00 bits per heavy atom. The predicted molar refractivity (Wildman–Crippen MR) is 80.4 cm³/mol. The zero-order chi connectivity index (χ0) is 13.0. The predicted octanol–water partition coefficient (Wildman–Crippen LogP) is 2.58. The van der Waals surface area contributed by atoms with Crippen molar-refractivity contribution in [1.82, 2.24) is 9.78 Å². The summed E-state index contributed by atoms with van der Waals surface area (Å²) < 4.78 is 2.34. The second-order valence-corrected chi connectivity index (χ2v) is 6.41. The van der Waals surface area contributed by atoms with Crippen molar-refractivity contribution >= 4 is 33.4 Å². The molecule has 18 heavy (non-hydrogen) atoms. The van der Waals surface area contributed by atoms with E-state index in [0.717, 1.165) is 23.3 Å². The van der Waals surface area contributed by atoms with Crippen LogP contribution in [0.3, 0.4) is 0 Å². The largest absolute Gasteiger partial charge is 0.379 e. The van der Waals surface area contributed by atoms with Gasteiger partial charge < -0.3 is 5.32 Å². The third-order valence-electron chi connectivity index (χ3n) is 3.26. The number of aromatic nitrogens is 2. The van der Waals surface area contributed by atoms with Gasteiger partial charge in [0.2, 0.25) is 0 Å². The fourth-order valence-electron chi connectivity index (χ4n) is 1.96. The van der Waals surface area contributed by atoms with Crippen molar-refractivity contribution in [3.05, 3.63) is 21.0 Å². The van der Waals surface area contributed by atoms with Gasteiger partial charge >= 0.3 is 0 Å². The number of rotatable bonds is 6. The highest BCUT2D eigenvalue weighted by molar-refractivity contribution is 9.10. The van der Waals surface area contributed by atoms with Crippen molar-refractivity contribution in [3.63, 3.8) is 0 Å². The summed E-state index contributed by atoms with van der Waals surface area (Å²) in [4.78, 5) is 12.3. The van der Waals surface area contributed by atoms with Crippen LogP contribution in [0.15, 0.2) is 15.5 Å². The van der Waals surface area contributed by atoms with E-state index in [0.29, 0.717) is 11.6 Å². The van der Waals surface area contributed by atoms with Crippen LogP contribution < -0.4 is 10.9 Å². The first-order chi connectivity index (χ1) is 8.72. The molecule has 6 heteroatoms. The van der Waals surface area contributed by atoms with E-state index in [-0.39, 0.29) is 5.56 Å². The van der Waals surface area contributed by atoms with Gasteiger partial charge in [0.05, 0.1) is 10.7 Å². The molecule has 0 unspecified atom stereocenters. The van der Waals surface area contributed by atoms with E-state index in [9.17, 15) is 4.79 Å². The summed E-state index contributed by atoms with van der Waals surface area (Å²) in [5.41, 5.74) is 0.621. The van der Waals surface area contributed by atoms with Crippen molar-refractivity contribution < 1.29 is 0 Å². The quantitative estimate of drug-likeness (QED) is 0.814. The van der Waals surface area contributed by atoms with Crippen LogP contribution in [0, 0.1) is 5.92 Å². The molecule has 0 saturated heterocycles. The third kappa shape index (κ3) is 3.29. The van der Waals surface area contributed by atoms with Gasteiger partial charge in [0.15, 0.2) is 0 Å². The first-order valence-corrected chi connectivity index (χ1v) is 8.39. The molecule has 0 aromatic carbocycles. The minimum Gasteiger partial charge on any atom is -0.379 e. The lowest BCUT2D eigenvalue weighted by Crippen LogP contribution is -2.31. The molecule has 1 aromatic rings. The van der Waals surface area contributed by atoms with Gasteiger partial charge in [-0.1, -0.05) is 6.42 Å². The Hall–Kier alpha value is -0.490. The van der Waals surface area contributed by atoms with Gasteiger partial charge in [-0.05, 0) is 40.9 Å². The number of nitrogens with zero attached hydrogens (tertiary/aromatic N) is 2. The minimum atomic E-state index is -0.0163. The molecular weight excluding hydrogens is 314 g/mol. The molecule has 0 bridgehead atoms. The summed E-state index contributed by atoms with van der Waals surface area (Å²) in [6.45, 7) is 1.55. The van der Waals surface area contributed by atoms with Crippen LogP contribution in [0.1, 0.15) is 19.3 Å². The van der Waals surface area contributed by atoms with Crippen LogP contribution in [-0.2, 0) is 6.54 Å². The Balaban J connectivity index is 2.11. The Bertz CT molecular complexity index is 459. The maximum Gasteiger partial charge on any atom is 0.291 e. The minimum absolute atomic E-state index is 0.0163. The monoisotopic (exact) mass is 331 g/mol. The van der Waals surface area contributed by atoms with Crippen LogP contribution in [0.4, 0.5) is 5.69 Å². The van der Waals surface area contributed by atoms with E-state index in [4.69, 9.17) is 0 Å². The van der Waals surface area contributed by atoms with Gasteiger partial charge in [-0.3, -0.25) is 4.79 Å². The van der Waals surface area contributed by atoms with Gasteiger partial charge in [0.1, 0.15) is 5.69 Å². The number of anilines is 1. The molecule has 0 radical (unpaired) electrons. The lowest BCUT2D eigenvalue weighted by Gasteiger charge is -2.25. The highest BCUT2D eigenvalue weighted by atomic mass is 79.9. The van der Waals surface area contributed by atoms with Crippen molar-refractivity contribution in [2.24, 2.45) is 5.92 Å². The molecule has 4 nitrogen and oxygen atoms in total. The molecular formula is C12H18BrN3OS. The van der Waals surface area contributed by atoms with E-state index in [2.05, 4.69) is 32.6 Å². The van der Waals surface area contributed by atoms with Crippen molar-refractivity contribution in [3.8, 4) is 0 Å². The van der Waals surface area contributed by atoms with E-state index >= 15 is 0 Å². The standard InChI is InChI=1S/C12H18BrN3OS/c1-18-6-5-14-11-10(13)7-15-16(12(11)17)8-9-3-2-4-9/h7,9,14H,2-6,8H2,1H3. The Labute approximate surface area is 120 Å². The molecule has 1 N–H and O–H groups in total. The van der Waals surface area contributed by atoms with Crippen LogP contribution in [-0.4, -0.2) is 28.3 Å². The van der Waals surface area contributed by atoms with Gasteiger partial charge in [-0.2, -0.15) is 16.9 Å². The lowest BCUT2D eigenvalue weighted by molar-refractivity contribution is 0.262. The van der Waals surface area contributed by atoms with Crippen LogP contribution in [0.2, 0.25) is 0 Å². The summed E-state index contributed by atoms with van der Waals surface area (Å²) >= 11 is 5.14. The summed E-state index contributed by atoms with van der Waals surface area (Å²) in [5, 5.41) is 7.39. The third-order valence-corrected chi connectivity index (χ3v) is 4.48. The number of hydrogen-bond donors (Lipinski definition) is 1. The van der Waals surface area contributed by atoms with Crippen LogP contribution in [0.25, 0.3) is 0 Å². The van der Waals surface area contributed by atoms with E-state index < -0.39 is 0 Å². The number of hydrogen-bond acceptors (Lipinski definition) is 4. The van der Waals surface area contributed by atoms with Gasteiger partial charge in [0, 0.05) is 18.8 Å². The highest BCUT2D eigenvalue weighted by Gasteiger charge is 2.20. The molecule has 2 rings (SSSR count). The topological polar surface area (TPSA) is 46.9 Å². The summed E-state index contributed by atoms with van der Waals surface area (Å²) in [6, 6.07) is 0. The van der Waals surface area contributed by atoms with Crippen molar-refractivity contribution in [2.75, 3.05) is 23.9 Å². The first kappa shape index (κ1) is 13.9. The molecule has 1 aliphatic rings. The number of halogens is 1. The maximum absolute atomic E-state index is 12.3. The molecule has 0 amide bonds. The maximum atomic E-state index is 12.3. The zero-order valence-corrected chi connectivity index (χ0v) is 12.9. The van der Waals surface area contributed by atoms with Crippen molar-refractivity contribution in [2.45, 2.75) is 25.8 Å². The molecule has 1 aliphatic carbocycles. The molecule has 1 heterocycles. The van der Waals surface area contributed by atoms with Gasteiger partial charge in [0.25, 0.3) is 5.56 Å². The fraction of sp³-hybridized carbons (Fsp3) is 0.667. The molecule has 1 saturated carbocycles. The number of thioether (sulfide) groups is 1. The molecule has 100 valence electrons. The normalized spacial score (nSPS) is 15.4. The SMILES string of the molecule is CSCCNc1c(Br)cnn(CC2CCC2)c1=O. The van der Waals surface area contributed by atoms with E-state index in [1.54, 1.807) is 22.6 Å². The average molecular weight is 332 g/mol. The van der Waals surface area contributed by atoms with Gasteiger partial charge in [-0.15, -0.1) is 0 Å². The molecule has 1 aromatic heterocycles. The summed E-state index contributed by atoms with van der Waals surface area (Å²) in [7, 11) is 0. The Morgan fingerprint density at radius 2 is 2.39 bits per heavy atom. The summed E-state index contributed by atoms with van der Waals surface area (Å²) in [6.07, 6.45) is 7.49. The lowest BCUT2D eigenvalue weighted by atomic mass is 9.85. The first-order valence-electron chi connectivity index (χ1n) is 6.21. The van der Waals surface area contributed by atoms with Crippen LogP contribution >= 0.6 is 27.7 Å². The molecule has 1 fully saturated rings. The van der Waals surface area contributed by atoms with E-state index in [1.165, 1.54) is 19.3 Å². The second kappa shape index (κ2) is 6.61. The smallest absolute Gasteiger partial charge is 0.291 e. The average Bonchev–Trinajstić information content (AvgIpc) is 2.30. The molecule has 0 atom stereocenters. The number of nitrogens with one attached hydrogen (secondary N) is 1. The van der Waals surface area contributed by atoms with Gasteiger partial charge in [-0.25, -0.2) is 4.68 Å². The Kier molecular flexibility index (Phi) is 5.12.